The van der Waals surface area contributed by atoms with Crippen LogP contribution in [0, 0.1) is 11.8 Å². The van der Waals surface area contributed by atoms with E-state index >= 15 is 0 Å². The molecule has 0 fully saturated rings. The highest BCUT2D eigenvalue weighted by Gasteiger charge is 2.48. The van der Waals surface area contributed by atoms with Crippen molar-refractivity contribution in [3.8, 4) is 17.2 Å². The van der Waals surface area contributed by atoms with E-state index in [2.05, 4.69) is 6.92 Å². The molecule has 0 saturated carbocycles. The van der Waals surface area contributed by atoms with Gasteiger partial charge >= 0.3 is 11.9 Å². The third-order valence-electron chi connectivity index (χ3n) is 7.82. The molecule has 3 aromatic rings. The molecule has 204 valence electrons. The maximum absolute atomic E-state index is 13.1. The van der Waals surface area contributed by atoms with E-state index in [0.29, 0.717) is 17.2 Å². The smallest absolute Gasteiger partial charge is 0.308 e. The SMILES string of the molecule is CCCCc1ccc2c(n1)[C@@H](c1ccc(OC)cc1CC(C)C(=O)O)[C@H](C(=O)O)[C@H]2c1ccc2c(c1)OCO2. The number of hydrogen-bond acceptors (Lipinski definition) is 6. The van der Waals surface area contributed by atoms with Gasteiger partial charge in [0.2, 0.25) is 6.79 Å². The van der Waals surface area contributed by atoms with Gasteiger partial charge in [-0.05, 0) is 71.8 Å². The Kier molecular flexibility index (Phi) is 7.46. The number of aryl methyl sites for hydroxylation is 1. The van der Waals surface area contributed by atoms with Crippen LogP contribution in [0.25, 0.3) is 0 Å². The monoisotopic (exact) mass is 531 g/mol. The highest BCUT2D eigenvalue weighted by atomic mass is 16.7. The van der Waals surface area contributed by atoms with Gasteiger partial charge in [0, 0.05) is 17.5 Å². The molecule has 0 amide bonds. The second kappa shape index (κ2) is 11.0. The summed E-state index contributed by atoms with van der Waals surface area (Å²) in [5.74, 6) is -2.60. The molecule has 1 aromatic heterocycles. The molecule has 8 heteroatoms. The van der Waals surface area contributed by atoms with Crippen LogP contribution in [0.5, 0.6) is 17.2 Å². The van der Waals surface area contributed by atoms with E-state index in [9.17, 15) is 19.8 Å². The first-order valence-electron chi connectivity index (χ1n) is 13.3. The molecule has 1 aliphatic heterocycles. The van der Waals surface area contributed by atoms with Crippen molar-refractivity contribution in [2.45, 2.75) is 51.4 Å². The van der Waals surface area contributed by atoms with Crippen LogP contribution in [0.3, 0.4) is 0 Å². The number of fused-ring (bicyclic) bond motifs is 2. The van der Waals surface area contributed by atoms with E-state index in [1.165, 1.54) is 0 Å². The lowest BCUT2D eigenvalue weighted by atomic mass is 9.78. The molecule has 0 radical (unpaired) electrons. The third-order valence-corrected chi connectivity index (χ3v) is 7.82. The van der Waals surface area contributed by atoms with Gasteiger partial charge in [-0.1, -0.05) is 38.5 Å². The summed E-state index contributed by atoms with van der Waals surface area (Å²) in [6.07, 6.45) is 3.04. The first kappa shape index (κ1) is 26.5. The van der Waals surface area contributed by atoms with Gasteiger partial charge in [-0.3, -0.25) is 14.6 Å². The fourth-order valence-corrected chi connectivity index (χ4v) is 5.82. The number of aliphatic carboxylic acids is 2. The van der Waals surface area contributed by atoms with Crippen molar-refractivity contribution in [1.82, 2.24) is 4.98 Å². The number of pyridine rings is 1. The minimum Gasteiger partial charge on any atom is -0.497 e. The maximum Gasteiger partial charge on any atom is 0.308 e. The zero-order valence-corrected chi connectivity index (χ0v) is 22.3. The Morgan fingerprint density at radius 2 is 1.79 bits per heavy atom. The lowest BCUT2D eigenvalue weighted by molar-refractivity contribution is -0.143. The fraction of sp³-hybridized carbons (Fsp3) is 0.387. The van der Waals surface area contributed by atoms with Crippen LogP contribution in [-0.2, 0) is 22.4 Å². The predicted molar refractivity (Wildman–Crippen MR) is 144 cm³/mol. The molecule has 1 unspecified atom stereocenters. The number of carbonyl (C=O) groups is 2. The van der Waals surface area contributed by atoms with Gasteiger partial charge in [0.1, 0.15) is 5.75 Å². The van der Waals surface area contributed by atoms with Crippen LogP contribution < -0.4 is 14.2 Å². The molecule has 2 heterocycles. The first-order valence-corrected chi connectivity index (χ1v) is 13.3. The summed E-state index contributed by atoms with van der Waals surface area (Å²) in [6.45, 7) is 3.91. The second-order valence-electron chi connectivity index (χ2n) is 10.3. The molecule has 1 aliphatic carbocycles. The van der Waals surface area contributed by atoms with Gasteiger partial charge in [0.15, 0.2) is 11.5 Å². The van der Waals surface area contributed by atoms with E-state index in [4.69, 9.17) is 19.2 Å². The summed E-state index contributed by atoms with van der Waals surface area (Å²) >= 11 is 0. The molecule has 5 rings (SSSR count). The fourth-order valence-electron chi connectivity index (χ4n) is 5.82. The number of carboxylic acids is 2. The lowest BCUT2D eigenvalue weighted by Gasteiger charge is -2.25. The molecule has 2 aromatic carbocycles. The van der Waals surface area contributed by atoms with Crippen molar-refractivity contribution in [3.05, 3.63) is 82.2 Å². The van der Waals surface area contributed by atoms with Crippen molar-refractivity contribution in [1.29, 1.82) is 0 Å². The topological polar surface area (TPSA) is 115 Å². The van der Waals surface area contributed by atoms with E-state index in [1.54, 1.807) is 20.1 Å². The number of hydrogen-bond donors (Lipinski definition) is 2. The van der Waals surface area contributed by atoms with Gasteiger partial charge in [-0.2, -0.15) is 0 Å². The van der Waals surface area contributed by atoms with Crippen molar-refractivity contribution in [2.75, 3.05) is 13.9 Å². The van der Waals surface area contributed by atoms with Gasteiger partial charge in [0.25, 0.3) is 0 Å². The number of methoxy groups -OCH3 is 1. The Balaban J connectivity index is 1.70. The molecule has 0 spiro atoms. The molecule has 39 heavy (non-hydrogen) atoms. The van der Waals surface area contributed by atoms with Crippen molar-refractivity contribution in [2.24, 2.45) is 11.8 Å². The molecule has 2 aliphatic rings. The molecule has 4 atom stereocenters. The normalized spacial score (nSPS) is 19.9. The molecule has 0 bridgehead atoms. The molecular formula is C31H33NO7. The summed E-state index contributed by atoms with van der Waals surface area (Å²) in [7, 11) is 1.56. The van der Waals surface area contributed by atoms with Crippen LogP contribution in [-0.4, -0.2) is 41.0 Å². The number of unbranched alkanes of at least 4 members (excludes halogenated alkanes) is 1. The number of aromatic nitrogens is 1. The molecular weight excluding hydrogens is 498 g/mol. The molecule has 2 N–H and O–H groups in total. The highest BCUT2D eigenvalue weighted by Crippen LogP contribution is 2.54. The number of benzene rings is 2. The highest BCUT2D eigenvalue weighted by molar-refractivity contribution is 5.78. The summed E-state index contributed by atoms with van der Waals surface area (Å²) in [4.78, 5) is 29.9. The Labute approximate surface area is 227 Å². The summed E-state index contributed by atoms with van der Waals surface area (Å²) in [5.41, 5.74) is 4.84. The maximum atomic E-state index is 13.1. The third kappa shape index (κ3) is 5.03. The minimum absolute atomic E-state index is 0.129. The quantitative estimate of drug-likeness (QED) is 0.357. The van der Waals surface area contributed by atoms with E-state index in [1.807, 2.05) is 42.5 Å². The van der Waals surface area contributed by atoms with Gasteiger partial charge < -0.3 is 24.4 Å². The predicted octanol–water partition coefficient (Wildman–Crippen LogP) is 5.40. The molecule has 8 nitrogen and oxygen atoms in total. The van der Waals surface area contributed by atoms with Crippen LogP contribution >= 0.6 is 0 Å². The van der Waals surface area contributed by atoms with E-state index < -0.39 is 35.6 Å². The second-order valence-corrected chi connectivity index (χ2v) is 10.3. The lowest BCUT2D eigenvalue weighted by Crippen LogP contribution is -2.25. The Bertz CT molecular complexity index is 1400. The standard InChI is InChI=1S/C31H33NO7/c1-4-5-6-20-8-10-23-26(18-7-12-24-25(15-18)39-16-38-24)28(31(35)36)27(29(23)32-20)22-11-9-21(37-3)14-19(22)13-17(2)30(33)34/h7-12,14-15,17,26-28H,4-6,13,16H2,1-3H3,(H,33,34)(H,35,36)/t17?,26-,27-,28+/m0/s1. The van der Waals surface area contributed by atoms with Crippen LogP contribution in [0.4, 0.5) is 0 Å². The zero-order valence-electron chi connectivity index (χ0n) is 22.3. The van der Waals surface area contributed by atoms with Gasteiger partial charge in [-0.15, -0.1) is 0 Å². The van der Waals surface area contributed by atoms with Gasteiger partial charge in [-0.25, -0.2) is 0 Å². The largest absolute Gasteiger partial charge is 0.497 e. The number of nitrogens with zero attached hydrogens (tertiary/aromatic N) is 1. The summed E-state index contributed by atoms with van der Waals surface area (Å²) in [5, 5.41) is 20.4. The summed E-state index contributed by atoms with van der Waals surface area (Å²) < 4.78 is 16.5. The number of carboxylic acid groups (broad SMARTS) is 2. The van der Waals surface area contributed by atoms with Gasteiger partial charge in [0.05, 0.1) is 24.6 Å². The van der Waals surface area contributed by atoms with Crippen LogP contribution in [0.15, 0.2) is 48.5 Å². The van der Waals surface area contributed by atoms with Crippen LogP contribution in [0.2, 0.25) is 0 Å². The number of ether oxygens (including phenoxy) is 3. The summed E-state index contributed by atoms with van der Waals surface area (Å²) in [6, 6.07) is 15.1. The first-order chi connectivity index (χ1) is 18.8. The number of rotatable bonds is 10. The Morgan fingerprint density at radius 1 is 1.03 bits per heavy atom. The average Bonchev–Trinajstić information content (AvgIpc) is 3.53. The van der Waals surface area contributed by atoms with E-state index in [-0.39, 0.29) is 13.2 Å². The minimum atomic E-state index is -0.941. The molecule has 0 saturated heterocycles. The van der Waals surface area contributed by atoms with E-state index in [0.717, 1.165) is 52.9 Å². The van der Waals surface area contributed by atoms with Crippen LogP contribution in [0.1, 0.15) is 72.2 Å². The zero-order chi connectivity index (χ0) is 27.7. The van der Waals surface area contributed by atoms with Crippen molar-refractivity contribution >= 4 is 11.9 Å². The van der Waals surface area contributed by atoms with Crippen molar-refractivity contribution < 1.29 is 34.0 Å². The Hall–Kier alpha value is -4.07. The average molecular weight is 532 g/mol. The van der Waals surface area contributed by atoms with Crippen molar-refractivity contribution in [3.63, 3.8) is 0 Å². The Morgan fingerprint density at radius 3 is 2.51 bits per heavy atom.